The van der Waals surface area contributed by atoms with Crippen molar-refractivity contribution < 1.29 is 0 Å². The first-order valence-corrected chi connectivity index (χ1v) is 17.5. The maximum absolute atomic E-state index is 4.82. The normalized spacial score (nSPS) is 14.5. The summed E-state index contributed by atoms with van der Waals surface area (Å²) in [5.41, 5.74) is 16.1. The number of nitrogens with one attached hydrogen (secondary N) is 2. The maximum Gasteiger partial charge on any atom is 0.0616 e. The van der Waals surface area contributed by atoms with Gasteiger partial charge in [-0.05, 0) is 111 Å². The van der Waals surface area contributed by atoms with Gasteiger partial charge in [0.15, 0.2) is 0 Å². The summed E-state index contributed by atoms with van der Waals surface area (Å²) in [7, 11) is 0. The van der Waals surface area contributed by atoms with Gasteiger partial charge in [-0.15, -0.1) is 6.58 Å². The van der Waals surface area contributed by atoms with Crippen LogP contribution in [0.15, 0.2) is 85.2 Å². The Labute approximate surface area is 282 Å². The number of hydrazine groups is 1. The quantitative estimate of drug-likeness (QED) is 0.0955. The second-order valence-electron chi connectivity index (χ2n) is 13.8. The topological polar surface area (TPSA) is 45.1 Å². The number of hydrogen-bond donors (Lipinski definition) is 3. The van der Waals surface area contributed by atoms with Gasteiger partial charge in [-0.3, -0.25) is 9.71 Å². The third-order valence-corrected chi connectivity index (χ3v) is 9.88. The monoisotopic (exact) mass is 635 g/mol. The van der Waals surface area contributed by atoms with Gasteiger partial charge in [-0.2, -0.15) is 0 Å². The predicted octanol–water partition coefficient (Wildman–Crippen LogP) is 9.34. The van der Waals surface area contributed by atoms with Crippen LogP contribution < -0.4 is 10.1 Å². The van der Waals surface area contributed by atoms with Crippen molar-refractivity contribution in [3.63, 3.8) is 0 Å². The van der Waals surface area contributed by atoms with Gasteiger partial charge in [-0.1, -0.05) is 76.1 Å². The highest BCUT2D eigenvalue weighted by Gasteiger charge is 2.27. The van der Waals surface area contributed by atoms with Crippen LogP contribution in [0.2, 0.25) is 0 Å². The molecule has 1 unspecified atom stereocenters. The van der Waals surface area contributed by atoms with Gasteiger partial charge in [0.25, 0.3) is 0 Å². The molecule has 2 N–H and O–H groups in total. The molecule has 4 aromatic rings. The average Bonchev–Trinajstić information content (AvgIpc) is 3.37. The molecule has 0 saturated carbocycles. The van der Waals surface area contributed by atoms with E-state index in [1.807, 2.05) is 6.20 Å². The minimum absolute atomic E-state index is 0.0353. The summed E-state index contributed by atoms with van der Waals surface area (Å²) < 4.78 is 5.73. The highest BCUT2D eigenvalue weighted by molar-refractivity contribution is 7.78. The molecule has 244 valence electrons. The van der Waals surface area contributed by atoms with Crippen molar-refractivity contribution in [3.05, 3.63) is 102 Å². The van der Waals surface area contributed by atoms with E-state index < -0.39 is 0 Å². The summed E-state index contributed by atoms with van der Waals surface area (Å²) in [6.07, 6.45) is 9.16. The number of fused-ring (bicyclic) bond motifs is 1. The molecule has 0 bridgehead atoms. The van der Waals surface area contributed by atoms with Crippen LogP contribution in [0.1, 0.15) is 77.1 Å². The number of rotatable bonds is 14. The van der Waals surface area contributed by atoms with E-state index in [2.05, 4.69) is 135 Å². The van der Waals surface area contributed by atoms with Gasteiger partial charge in [-0.25, -0.2) is 5.43 Å². The first-order valence-electron chi connectivity index (χ1n) is 17.1. The van der Waals surface area contributed by atoms with Crippen molar-refractivity contribution >= 4 is 23.7 Å². The number of aryl methyl sites for hydroxylation is 2. The summed E-state index contributed by atoms with van der Waals surface area (Å²) in [5.74, 6) is 0. The highest BCUT2D eigenvalue weighted by atomic mass is 32.1. The van der Waals surface area contributed by atoms with E-state index in [0.29, 0.717) is 0 Å². The van der Waals surface area contributed by atoms with Crippen LogP contribution in [0.4, 0.5) is 0 Å². The Kier molecular flexibility index (Phi) is 11.1. The van der Waals surface area contributed by atoms with Crippen molar-refractivity contribution in [1.29, 1.82) is 0 Å². The van der Waals surface area contributed by atoms with Crippen molar-refractivity contribution in [2.75, 3.05) is 13.1 Å². The lowest BCUT2D eigenvalue weighted by Gasteiger charge is -2.34. The predicted molar refractivity (Wildman–Crippen MR) is 200 cm³/mol. The molecule has 1 fully saturated rings. The van der Waals surface area contributed by atoms with E-state index in [0.717, 1.165) is 63.1 Å². The van der Waals surface area contributed by atoms with E-state index in [1.165, 1.54) is 62.8 Å². The molecule has 3 heterocycles. The van der Waals surface area contributed by atoms with Gasteiger partial charge < -0.3 is 9.58 Å². The maximum atomic E-state index is 4.82. The Bertz CT molecular complexity index is 1680. The number of pyridine rings is 1. The smallest absolute Gasteiger partial charge is 0.0616 e. The fourth-order valence-corrected chi connectivity index (χ4v) is 7.19. The Hall–Kier alpha value is -3.32. The summed E-state index contributed by atoms with van der Waals surface area (Å²) in [6, 6.07) is 20.4. The van der Waals surface area contributed by atoms with Crippen molar-refractivity contribution in [3.8, 4) is 22.4 Å². The van der Waals surface area contributed by atoms with Crippen LogP contribution >= 0.6 is 12.8 Å². The van der Waals surface area contributed by atoms with Gasteiger partial charge >= 0.3 is 0 Å². The number of allylic oxidation sites excluding steroid dienone is 1. The van der Waals surface area contributed by atoms with Crippen molar-refractivity contribution in [1.82, 2.24) is 24.7 Å². The van der Waals surface area contributed by atoms with Gasteiger partial charge in [0.1, 0.15) is 0 Å². The summed E-state index contributed by atoms with van der Waals surface area (Å²) in [5, 5.41) is 3.53. The molecule has 5 nitrogen and oxygen atoms in total. The Balaban J connectivity index is 1.57. The average molecular weight is 636 g/mol. The molecular formula is C40H53N5S. The van der Waals surface area contributed by atoms with E-state index in [-0.39, 0.29) is 11.5 Å². The summed E-state index contributed by atoms with van der Waals surface area (Å²) in [6.45, 7) is 22.9. The SMILES string of the molecule is C=C(C)CCC(C)(C)Cc1c(-c2cccnc2CC)n(CC)c2ccc(-c3cccc(CC(NS)C(=C)N4CCCCN4)c3)cc12. The second kappa shape index (κ2) is 15.1. The molecule has 46 heavy (non-hydrogen) atoms. The Morgan fingerprint density at radius 3 is 2.57 bits per heavy atom. The fraction of sp³-hybridized carbons (Fsp3) is 0.425. The minimum Gasteiger partial charge on any atom is -0.340 e. The zero-order valence-electron chi connectivity index (χ0n) is 28.6. The summed E-state index contributed by atoms with van der Waals surface area (Å²) >= 11 is 4.50. The van der Waals surface area contributed by atoms with Crippen LogP contribution in [-0.2, 0) is 25.8 Å². The zero-order valence-corrected chi connectivity index (χ0v) is 29.5. The van der Waals surface area contributed by atoms with Crippen LogP contribution in [0.3, 0.4) is 0 Å². The zero-order chi connectivity index (χ0) is 32.8. The molecule has 2 aromatic carbocycles. The molecule has 1 atom stereocenters. The van der Waals surface area contributed by atoms with E-state index in [9.17, 15) is 0 Å². The van der Waals surface area contributed by atoms with Crippen LogP contribution in [0, 0.1) is 5.41 Å². The number of nitrogens with zero attached hydrogens (tertiary/aromatic N) is 3. The van der Waals surface area contributed by atoms with E-state index >= 15 is 0 Å². The molecule has 0 radical (unpaired) electrons. The van der Waals surface area contributed by atoms with Gasteiger partial charge in [0.05, 0.1) is 11.7 Å². The molecule has 0 amide bonds. The van der Waals surface area contributed by atoms with Crippen LogP contribution in [0.5, 0.6) is 0 Å². The first kappa shape index (κ1) is 34.0. The highest BCUT2D eigenvalue weighted by Crippen LogP contribution is 2.42. The lowest BCUT2D eigenvalue weighted by Crippen LogP contribution is -2.47. The molecule has 0 aliphatic carbocycles. The fourth-order valence-electron chi connectivity index (χ4n) is 6.95. The summed E-state index contributed by atoms with van der Waals surface area (Å²) in [4.78, 5) is 4.82. The van der Waals surface area contributed by atoms with Crippen molar-refractivity contribution in [2.45, 2.75) is 92.2 Å². The second-order valence-corrected chi connectivity index (χ2v) is 14.1. The molecule has 1 aliphatic rings. The number of hydrogen-bond acceptors (Lipinski definition) is 5. The molecule has 1 saturated heterocycles. The molecule has 6 heteroatoms. The van der Waals surface area contributed by atoms with Crippen LogP contribution in [0.25, 0.3) is 33.3 Å². The molecule has 0 spiro atoms. The van der Waals surface area contributed by atoms with E-state index in [4.69, 9.17) is 4.98 Å². The van der Waals surface area contributed by atoms with Crippen molar-refractivity contribution in [2.24, 2.45) is 5.41 Å². The lowest BCUT2D eigenvalue weighted by molar-refractivity contribution is 0.190. The molecule has 5 rings (SSSR count). The van der Waals surface area contributed by atoms with E-state index in [1.54, 1.807) is 0 Å². The third kappa shape index (κ3) is 7.62. The number of benzene rings is 2. The lowest BCUT2D eigenvalue weighted by atomic mass is 9.79. The largest absolute Gasteiger partial charge is 0.340 e. The number of thiol groups is 1. The minimum atomic E-state index is 0.0353. The molecular weight excluding hydrogens is 583 g/mol. The standard InChI is InChI=1S/C40H53N5S/c1-8-36-33(16-13-21-41-36)39-35(27-40(6,7)20-19-28(3)4)34-26-32(17-18-38(34)44(39)9-2)31-15-12-14-30(24-31)25-37(43-46)29(5)45-23-11-10-22-42-45/h12-18,21,24,26,37,42-43,46H,3,5,8-11,19-20,22-23,25,27H2,1-2,4,6-7H3. The van der Waals surface area contributed by atoms with Gasteiger partial charge in [0, 0.05) is 53.7 Å². The van der Waals surface area contributed by atoms with Crippen LogP contribution in [-0.4, -0.2) is 33.7 Å². The third-order valence-electron chi connectivity index (χ3n) is 9.56. The Morgan fingerprint density at radius 1 is 1.07 bits per heavy atom. The molecule has 1 aliphatic heterocycles. The Morgan fingerprint density at radius 2 is 1.87 bits per heavy atom. The first-order chi connectivity index (χ1) is 22.2. The number of aromatic nitrogens is 2. The van der Waals surface area contributed by atoms with Gasteiger partial charge in [0.2, 0.25) is 0 Å². The molecule has 2 aromatic heterocycles.